The van der Waals surface area contributed by atoms with Gasteiger partial charge in [-0.2, -0.15) is 0 Å². The average Bonchev–Trinajstić information content (AvgIpc) is 2.56. The molecule has 0 spiro atoms. The molecule has 4 nitrogen and oxygen atoms in total. The average molecular weight is 332 g/mol. The minimum absolute atomic E-state index is 0.242. The third-order valence-electron chi connectivity index (χ3n) is 3.31. The van der Waals surface area contributed by atoms with Gasteiger partial charge in [-0.1, -0.05) is 17.7 Å². The lowest BCUT2D eigenvalue weighted by Crippen LogP contribution is -2.08. The predicted molar refractivity (Wildman–Crippen MR) is 93.4 cm³/mol. The molecule has 1 N–H and O–H groups in total. The molecule has 23 heavy (non-hydrogen) atoms. The molecular formula is C18H18ClNO3. The number of carbonyl (C=O) groups is 1. The van der Waals surface area contributed by atoms with Gasteiger partial charge in [-0.3, -0.25) is 4.79 Å². The number of benzene rings is 2. The minimum atomic E-state index is -0.242. The molecule has 1 amide bonds. The lowest BCUT2D eigenvalue weighted by Gasteiger charge is -2.08. The Morgan fingerprint density at radius 2 is 1.91 bits per heavy atom. The van der Waals surface area contributed by atoms with Crippen LogP contribution in [0.15, 0.2) is 42.5 Å². The van der Waals surface area contributed by atoms with E-state index in [1.807, 2.05) is 19.1 Å². The highest BCUT2D eigenvalue weighted by Gasteiger charge is 2.05. The normalized spacial score (nSPS) is 10.6. The summed E-state index contributed by atoms with van der Waals surface area (Å²) >= 11 is 5.94. The maximum atomic E-state index is 12.1. The van der Waals surface area contributed by atoms with Gasteiger partial charge >= 0.3 is 0 Å². The maximum absolute atomic E-state index is 12.1. The number of carbonyl (C=O) groups excluding carboxylic acids is 1. The number of methoxy groups -OCH3 is 2. The molecule has 2 aromatic rings. The summed E-state index contributed by atoms with van der Waals surface area (Å²) in [7, 11) is 3.16. The highest BCUT2D eigenvalue weighted by atomic mass is 35.5. The van der Waals surface area contributed by atoms with E-state index in [-0.39, 0.29) is 5.91 Å². The molecule has 0 bridgehead atoms. The summed E-state index contributed by atoms with van der Waals surface area (Å²) in [5.74, 6) is 1.08. The number of aryl methyl sites for hydroxylation is 1. The number of anilines is 1. The van der Waals surface area contributed by atoms with Gasteiger partial charge in [0.1, 0.15) is 11.5 Å². The summed E-state index contributed by atoms with van der Waals surface area (Å²) in [6.07, 6.45) is 3.14. The second-order valence-corrected chi connectivity index (χ2v) is 5.33. The lowest BCUT2D eigenvalue weighted by atomic mass is 10.1. The van der Waals surface area contributed by atoms with Crippen LogP contribution in [0.1, 0.15) is 11.1 Å². The van der Waals surface area contributed by atoms with Crippen molar-refractivity contribution in [1.29, 1.82) is 0 Å². The molecule has 0 aromatic heterocycles. The van der Waals surface area contributed by atoms with Crippen molar-refractivity contribution in [2.45, 2.75) is 6.92 Å². The third kappa shape index (κ3) is 4.50. The minimum Gasteiger partial charge on any atom is -0.497 e. The molecule has 2 aromatic carbocycles. The molecule has 2 rings (SSSR count). The first-order valence-corrected chi connectivity index (χ1v) is 7.38. The Bertz CT molecular complexity index is 741. The summed E-state index contributed by atoms with van der Waals surface area (Å²) in [6.45, 7) is 1.90. The molecule has 0 saturated heterocycles. The summed E-state index contributed by atoms with van der Waals surface area (Å²) in [5.41, 5.74) is 2.42. The Morgan fingerprint density at radius 3 is 2.61 bits per heavy atom. The lowest BCUT2D eigenvalue weighted by molar-refractivity contribution is -0.111. The van der Waals surface area contributed by atoms with Crippen molar-refractivity contribution >= 4 is 29.3 Å². The van der Waals surface area contributed by atoms with Crippen molar-refractivity contribution in [2.24, 2.45) is 0 Å². The van der Waals surface area contributed by atoms with Gasteiger partial charge in [0, 0.05) is 28.4 Å². The van der Waals surface area contributed by atoms with E-state index in [4.69, 9.17) is 21.1 Å². The Hall–Kier alpha value is -2.46. The second kappa shape index (κ2) is 7.70. The molecule has 0 heterocycles. The zero-order valence-corrected chi connectivity index (χ0v) is 14.0. The number of rotatable bonds is 5. The second-order valence-electron chi connectivity index (χ2n) is 4.89. The molecule has 0 fully saturated rings. The van der Waals surface area contributed by atoms with Crippen LogP contribution in [0.4, 0.5) is 5.69 Å². The monoisotopic (exact) mass is 331 g/mol. The van der Waals surface area contributed by atoms with Crippen LogP contribution in [0.25, 0.3) is 6.08 Å². The molecule has 120 valence electrons. The van der Waals surface area contributed by atoms with E-state index in [2.05, 4.69) is 5.32 Å². The predicted octanol–water partition coefficient (Wildman–Crippen LogP) is 4.32. The number of hydrogen-bond donors (Lipinski definition) is 1. The Balaban J connectivity index is 2.13. The highest BCUT2D eigenvalue weighted by molar-refractivity contribution is 6.31. The fraction of sp³-hybridized carbons (Fsp3) is 0.167. The SMILES string of the molecule is COc1ccc(C=CC(=O)Nc2cc(Cl)ccc2C)c(OC)c1. The van der Waals surface area contributed by atoms with E-state index in [0.29, 0.717) is 22.2 Å². The summed E-state index contributed by atoms with van der Waals surface area (Å²) in [5, 5.41) is 3.38. The number of nitrogens with one attached hydrogen (secondary N) is 1. The van der Waals surface area contributed by atoms with E-state index in [9.17, 15) is 4.79 Å². The molecular weight excluding hydrogens is 314 g/mol. The first-order valence-electron chi connectivity index (χ1n) is 7.00. The van der Waals surface area contributed by atoms with Crippen molar-refractivity contribution in [3.05, 3.63) is 58.6 Å². The number of amides is 1. The van der Waals surface area contributed by atoms with Crippen molar-refractivity contribution in [2.75, 3.05) is 19.5 Å². The highest BCUT2D eigenvalue weighted by Crippen LogP contribution is 2.25. The number of halogens is 1. The standard InChI is InChI=1S/C18H18ClNO3/c1-12-4-7-14(19)10-16(12)20-18(21)9-6-13-5-8-15(22-2)11-17(13)23-3/h4-11H,1-3H3,(H,20,21). The van der Waals surface area contributed by atoms with Gasteiger partial charge in [-0.25, -0.2) is 0 Å². The third-order valence-corrected chi connectivity index (χ3v) is 3.55. The first kappa shape index (κ1) is 16.9. The van der Waals surface area contributed by atoms with Gasteiger partial charge in [-0.15, -0.1) is 0 Å². The summed E-state index contributed by atoms with van der Waals surface area (Å²) in [4.78, 5) is 12.1. The molecule has 5 heteroatoms. The van der Waals surface area contributed by atoms with Crippen LogP contribution < -0.4 is 14.8 Å². The molecule has 0 unspecified atom stereocenters. The fourth-order valence-electron chi connectivity index (χ4n) is 2.02. The molecule has 0 atom stereocenters. The van der Waals surface area contributed by atoms with Crippen molar-refractivity contribution in [3.63, 3.8) is 0 Å². The smallest absolute Gasteiger partial charge is 0.248 e. The topological polar surface area (TPSA) is 47.6 Å². The van der Waals surface area contributed by atoms with Gasteiger partial charge in [0.2, 0.25) is 5.91 Å². The van der Waals surface area contributed by atoms with Crippen molar-refractivity contribution in [3.8, 4) is 11.5 Å². The maximum Gasteiger partial charge on any atom is 0.248 e. The van der Waals surface area contributed by atoms with Crippen molar-refractivity contribution < 1.29 is 14.3 Å². The van der Waals surface area contributed by atoms with Crippen LogP contribution in [-0.2, 0) is 4.79 Å². The fourth-order valence-corrected chi connectivity index (χ4v) is 2.20. The van der Waals surface area contributed by atoms with E-state index in [1.165, 1.54) is 6.08 Å². The first-order chi connectivity index (χ1) is 11.0. The van der Waals surface area contributed by atoms with Crippen LogP contribution in [0.5, 0.6) is 11.5 Å². The Labute approximate surface area is 140 Å². The van der Waals surface area contributed by atoms with Gasteiger partial charge in [0.25, 0.3) is 0 Å². The van der Waals surface area contributed by atoms with Gasteiger partial charge in [0.05, 0.1) is 14.2 Å². The van der Waals surface area contributed by atoms with E-state index in [0.717, 1.165) is 11.1 Å². The van der Waals surface area contributed by atoms with Crippen molar-refractivity contribution in [1.82, 2.24) is 0 Å². The van der Waals surface area contributed by atoms with Gasteiger partial charge in [-0.05, 0) is 42.8 Å². The van der Waals surface area contributed by atoms with Crippen LogP contribution in [0.2, 0.25) is 5.02 Å². The van der Waals surface area contributed by atoms with Crippen LogP contribution in [0.3, 0.4) is 0 Å². The van der Waals surface area contributed by atoms with E-state index in [1.54, 1.807) is 44.6 Å². The van der Waals surface area contributed by atoms with Gasteiger partial charge < -0.3 is 14.8 Å². The van der Waals surface area contributed by atoms with Crippen LogP contribution in [0, 0.1) is 6.92 Å². The zero-order chi connectivity index (χ0) is 16.8. The number of ether oxygens (including phenoxy) is 2. The van der Waals surface area contributed by atoms with Crippen LogP contribution in [-0.4, -0.2) is 20.1 Å². The quantitative estimate of drug-likeness (QED) is 0.830. The molecule has 0 aliphatic carbocycles. The molecule has 0 radical (unpaired) electrons. The van der Waals surface area contributed by atoms with E-state index < -0.39 is 0 Å². The summed E-state index contributed by atoms with van der Waals surface area (Å²) < 4.78 is 10.4. The molecule has 0 saturated carbocycles. The van der Waals surface area contributed by atoms with E-state index >= 15 is 0 Å². The van der Waals surface area contributed by atoms with Crippen LogP contribution >= 0.6 is 11.6 Å². The zero-order valence-electron chi connectivity index (χ0n) is 13.2. The summed E-state index contributed by atoms with van der Waals surface area (Å²) in [6, 6.07) is 10.8. The molecule has 0 aliphatic heterocycles. The molecule has 0 aliphatic rings. The Morgan fingerprint density at radius 1 is 1.13 bits per heavy atom. The van der Waals surface area contributed by atoms with Gasteiger partial charge in [0.15, 0.2) is 0 Å². The number of hydrogen-bond acceptors (Lipinski definition) is 3. The largest absolute Gasteiger partial charge is 0.497 e. The Kier molecular flexibility index (Phi) is 5.66.